The van der Waals surface area contributed by atoms with Crippen LogP contribution in [0.3, 0.4) is 0 Å². The van der Waals surface area contributed by atoms with Gasteiger partial charge in [-0.15, -0.1) is 11.3 Å². The molecule has 1 aliphatic rings. The van der Waals surface area contributed by atoms with Crippen molar-refractivity contribution in [2.24, 2.45) is 0 Å². The highest BCUT2D eigenvalue weighted by atomic mass is 32.1. The van der Waals surface area contributed by atoms with Crippen molar-refractivity contribution in [3.05, 3.63) is 33.6 Å². The zero-order valence-corrected chi connectivity index (χ0v) is 12.2. The molecule has 0 radical (unpaired) electrons. The third-order valence-electron chi connectivity index (χ3n) is 3.26. The Labute approximate surface area is 116 Å². The molecule has 0 aliphatic heterocycles. The van der Waals surface area contributed by atoms with Gasteiger partial charge in [0.15, 0.2) is 5.82 Å². The highest BCUT2D eigenvalue weighted by molar-refractivity contribution is 7.12. The van der Waals surface area contributed by atoms with E-state index in [0.717, 1.165) is 12.3 Å². The summed E-state index contributed by atoms with van der Waals surface area (Å²) in [4.78, 5) is 7.22. The van der Waals surface area contributed by atoms with Crippen molar-refractivity contribution in [3.8, 4) is 0 Å². The quantitative estimate of drug-likeness (QED) is 0.838. The van der Waals surface area contributed by atoms with Crippen LogP contribution in [-0.4, -0.2) is 16.2 Å². The van der Waals surface area contributed by atoms with Crippen molar-refractivity contribution in [2.75, 3.05) is 0 Å². The zero-order chi connectivity index (χ0) is 13.4. The molecule has 102 valence electrons. The highest BCUT2D eigenvalue weighted by Gasteiger charge is 2.44. The van der Waals surface area contributed by atoms with Crippen molar-refractivity contribution in [1.29, 1.82) is 0 Å². The number of hydrogen-bond acceptors (Lipinski definition) is 5. The lowest BCUT2D eigenvalue weighted by Gasteiger charge is -2.02. The first-order valence-corrected chi connectivity index (χ1v) is 7.45. The lowest BCUT2D eigenvalue weighted by molar-refractivity contribution is 0.0601. The molecular weight excluding hydrogens is 260 g/mol. The minimum Gasteiger partial charge on any atom is -0.371 e. The van der Waals surface area contributed by atoms with E-state index in [-0.39, 0.29) is 6.10 Å². The fraction of sp³-hybridized carbons (Fsp3) is 0.571. The fourth-order valence-corrected chi connectivity index (χ4v) is 3.21. The molecule has 2 aromatic heterocycles. The van der Waals surface area contributed by atoms with Gasteiger partial charge < -0.3 is 9.26 Å². The van der Waals surface area contributed by atoms with Gasteiger partial charge in [0.2, 0.25) is 5.89 Å². The van der Waals surface area contributed by atoms with Crippen LogP contribution < -0.4 is 0 Å². The lowest BCUT2D eigenvalue weighted by Crippen LogP contribution is -2.03. The number of nitrogens with zero attached hydrogens (tertiary/aromatic N) is 2. The molecule has 0 N–H and O–H groups in total. The second-order valence-electron chi connectivity index (χ2n) is 5.31. The van der Waals surface area contributed by atoms with Gasteiger partial charge in [-0.25, -0.2) is 0 Å². The summed E-state index contributed by atoms with van der Waals surface area (Å²) < 4.78 is 10.8. The van der Waals surface area contributed by atoms with Gasteiger partial charge in [-0.05, 0) is 39.3 Å². The maximum atomic E-state index is 5.47. The van der Waals surface area contributed by atoms with Crippen LogP contribution in [0.4, 0.5) is 0 Å². The van der Waals surface area contributed by atoms with E-state index in [1.165, 1.54) is 9.75 Å². The van der Waals surface area contributed by atoms with E-state index in [2.05, 4.69) is 29.2 Å². The first-order chi connectivity index (χ1) is 9.13. The average molecular weight is 278 g/mol. The molecule has 2 heterocycles. The van der Waals surface area contributed by atoms with Crippen molar-refractivity contribution in [3.63, 3.8) is 0 Å². The first-order valence-electron chi connectivity index (χ1n) is 6.64. The minimum atomic E-state index is 0.185. The summed E-state index contributed by atoms with van der Waals surface area (Å²) in [6.45, 7) is 6.56. The third kappa shape index (κ3) is 2.87. The Balaban J connectivity index is 1.62. The molecule has 3 rings (SSSR count). The van der Waals surface area contributed by atoms with E-state index in [4.69, 9.17) is 9.26 Å². The van der Waals surface area contributed by atoms with Gasteiger partial charge in [0.05, 0.1) is 6.10 Å². The molecule has 0 saturated heterocycles. The third-order valence-corrected chi connectivity index (χ3v) is 4.40. The van der Waals surface area contributed by atoms with Crippen LogP contribution >= 0.6 is 11.3 Å². The van der Waals surface area contributed by atoms with Gasteiger partial charge in [-0.2, -0.15) is 4.98 Å². The van der Waals surface area contributed by atoms with Gasteiger partial charge in [-0.1, -0.05) is 5.16 Å². The van der Waals surface area contributed by atoms with Crippen LogP contribution in [0.15, 0.2) is 16.7 Å². The van der Waals surface area contributed by atoms with E-state index >= 15 is 0 Å². The van der Waals surface area contributed by atoms with Gasteiger partial charge in [0.25, 0.3) is 0 Å². The van der Waals surface area contributed by atoms with E-state index in [1.807, 2.05) is 25.2 Å². The van der Waals surface area contributed by atoms with Crippen molar-refractivity contribution >= 4 is 11.3 Å². The van der Waals surface area contributed by atoms with E-state index in [0.29, 0.717) is 24.3 Å². The van der Waals surface area contributed by atoms with Gasteiger partial charge in [-0.3, -0.25) is 0 Å². The van der Waals surface area contributed by atoms with Crippen LogP contribution in [0.1, 0.15) is 53.6 Å². The van der Waals surface area contributed by atoms with Crippen molar-refractivity contribution in [1.82, 2.24) is 10.1 Å². The molecule has 1 saturated carbocycles. The second-order valence-corrected chi connectivity index (χ2v) is 6.63. The number of thiophene rings is 1. The summed E-state index contributed by atoms with van der Waals surface area (Å²) >= 11 is 1.86. The second kappa shape index (κ2) is 5.06. The molecule has 0 spiro atoms. The predicted molar refractivity (Wildman–Crippen MR) is 73.4 cm³/mol. The van der Waals surface area contributed by atoms with Crippen molar-refractivity contribution < 1.29 is 9.26 Å². The maximum absolute atomic E-state index is 5.47. The topological polar surface area (TPSA) is 48.2 Å². The van der Waals surface area contributed by atoms with Crippen LogP contribution in [0.25, 0.3) is 0 Å². The summed E-state index contributed by atoms with van der Waals surface area (Å²) in [6, 6.07) is 4.38. The van der Waals surface area contributed by atoms with E-state index in [9.17, 15) is 0 Å². The Morgan fingerprint density at radius 2 is 2.26 bits per heavy atom. The van der Waals surface area contributed by atoms with Crippen molar-refractivity contribution in [2.45, 2.75) is 51.7 Å². The molecule has 19 heavy (non-hydrogen) atoms. The summed E-state index contributed by atoms with van der Waals surface area (Å²) in [5.74, 6) is 2.38. The van der Waals surface area contributed by atoms with Gasteiger partial charge in [0, 0.05) is 21.6 Å². The Bertz CT molecular complexity index is 561. The van der Waals surface area contributed by atoms with Crippen LogP contribution in [0.2, 0.25) is 0 Å². The normalized spacial score (nSPS) is 22.1. The molecule has 0 unspecified atom stereocenters. The van der Waals surface area contributed by atoms with Crippen LogP contribution in [0, 0.1) is 6.92 Å². The first kappa shape index (κ1) is 12.8. The smallest absolute Gasteiger partial charge is 0.230 e. The van der Waals surface area contributed by atoms with E-state index in [1.54, 1.807) is 0 Å². The summed E-state index contributed by atoms with van der Waals surface area (Å²) in [7, 11) is 0. The lowest BCUT2D eigenvalue weighted by atomic mass is 10.2. The Morgan fingerprint density at radius 3 is 2.95 bits per heavy atom. The van der Waals surface area contributed by atoms with E-state index < -0.39 is 0 Å². The minimum absolute atomic E-state index is 0.185. The average Bonchev–Trinajstić information content (AvgIpc) is 2.83. The van der Waals surface area contributed by atoms with Crippen LogP contribution in [-0.2, 0) is 11.3 Å². The molecule has 0 bridgehead atoms. The number of ether oxygens (including phenoxy) is 1. The molecule has 1 fully saturated rings. The van der Waals surface area contributed by atoms with Gasteiger partial charge >= 0.3 is 0 Å². The molecule has 5 heteroatoms. The Morgan fingerprint density at radius 1 is 1.42 bits per heavy atom. The zero-order valence-electron chi connectivity index (χ0n) is 11.4. The predicted octanol–water partition coefficient (Wildman–Crippen LogP) is 3.64. The highest BCUT2D eigenvalue weighted by Crippen LogP contribution is 2.55. The number of aromatic nitrogens is 2. The van der Waals surface area contributed by atoms with Gasteiger partial charge in [0.1, 0.15) is 6.61 Å². The molecule has 1 aliphatic carbocycles. The number of hydrogen-bond donors (Lipinski definition) is 0. The standard InChI is InChI=1S/C14H18N2O2S/c1-8(2)17-7-13-15-14(18-16-13)11-6-10(11)12-5-4-9(3)19-12/h4-5,8,10-11H,6-7H2,1-3H3/t10-,11-/m0/s1. The Kier molecular flexibility index (Phi) is 3.41. The monoisotopic (exact) mass is 278 g/mol. The maximum Gasteiger partial charge on any atom is 0.230 e. The molecule has 0 amide bonds. The summed E-state index contributed by atoms with van der Waals surface area (Å²) in [5.41, 5.74) is 0. The summed E-state index contributed by atoms with van der Waals surface area (Å²) in [6.07, 6.45) is 1.30. The SMILES string of the molecule is Cc1ccc([C@H]2C[C@@H]2c2nc(COC(C)C)no2)s1. The molecular formula is C14H18N2O2S. The molecule has 4 nitrogen and oxygen atoms in total. The number of aryl methyl sites for hydroxylation is 1. The molecule has 2 atom stereocenters. The largest absolute Gasteiger partial charge is 0.371 e. The molecule has 2 aromatic rings. The molecule has 0 aromatic carbocycles. The fourth-order valence-electron chi connectivity index (χ4n) is 2.15. The Hall–Kier alpha value is -1.20. The summed E-state index contributed by atoms with van der Waals surface area (Å²) in [5, 5.41) is 3.98. The van der Waals surface area contributed by atoms with Crippen LogP contribution in [0.5, 0.6) is 0 Å². The number of rotatable bonds is 5.